The lowest BCUT2D eigenvalue weighted by atomic mass is 9.83. The smallest absolute Gasteiger partial charge is 0.311 e. The Labute approximate surface area is 474 Å². The van der Waals surface area contributed by atoms with E-state index >= 15 is 0 Å². The molecule has 4 aromatic carbocycles. The Morgan fingerprint density at radius 1 is 0.487 bits per heavy atom. The molecule has 80 heavy (non-hydrogen) atoms. The first-order valence-corrected chi connectivity index (χ1v) is 28.1. The SMILES string of the molecule is CC[C@H]1OC(=O)[C@H](C)[C@@H](OCc2ccccc2)CC(=O)[C@](C)(O)C[C@@H](C)[C@H](OCc2ccccc2)C=C=C=C1C.CC[C@H]1OC(=O)[C@H](C)[C@@H](OCc2ccccc2)CC(=O)[C@](C)(O)C[C@@H](C)[C@H](OCc2ccccc2)C=C=C=C1C. The number of hydrogen-bond donors (Lipinski definition) is 2. The summed E-state index contributed by atoms with van der Waals surface area (Å²) in [4.78, 5) is 53.4. The lowest BCUT2D eigenvalue weighted by Gasteiger charge is -2.31. The van der Waals surface area contributed by atoms with Gasteiger partial charge in [-0.25, -0.2) is 0 Å². The standard InChI is InChI=1S/2C34H42O6/c2*1-6-29-24(2)14-13-19-30(38-22-27-15-9-7-10-16-27)25(3)21-34(5,37)32(35)20-31(26(4)33(36)40-29)39-23-28-17-11-8-12-18-28/h2*7-12,15-19,25-26,29-31,37H,6,20-23H2,1-5H3/t2*25-,26-,29-,30-,31+,34-/m11/s1. The van der Waals surface area contributed by atoms with Crippen molar-refractivity contribution in [2.24, 2.45) is 23.7 Å². The number of cyclic esters (lactones) is 2. The maximum absolute atomic E-state index is 13.5. The molecule has 0 aromatic heterocycles. The third kappa shape index (κ3) is 20.6. The van der Waals surface area contributed by atoms with Crippen LogP contribution in [0.15, 0.2) is 168 Å². The van der Waals surface area contributed by atoms with E-state index in [4.69, 9.17) is 28.4 Å². The van der Waals surface area contributed by atoms with Crippen LogP contribution in [0.4, 0.5) is 0 Å². The molecular weight excluding hydrogens is 1010 g/mol. The molecule has 2 aliphatic heterocycles. The molecule has 0 aliphatic carbocycles. The first kappa shape index (κ1) is 64.3. The summed E-state index contributed by atoms with van der Waals surface area (Å²) in [5.74, 6) is -3.61. The number of Topliss-reactive ketones (excluding diaryl/α,β-unsaturated/α-hetero) is 2. The van der Waals surface area contributed by atoms with E-state index in [0.717, 1.165) is 33.4 Å². The van der Waals surface area contributed by atoms with Crippen LogP contribution in [0.3, 0.4) is 0 Å². The van der Waals surface area contributed by atoms with Crippen LogP contribution in [0.2, 0.25) is 0 Å². The summed E-state index contributed by atoms with van der Waals surface area (Å²) >= 11 is 0. The largest absolute Gasteiger partial charge is 0.457 e. The number of ketones is 2. The quantitative estimate of drug-likeness (QED) is 0.0908. The lowest BCUT2D eigenvalue weighted by molar-refractivity contribution is -0.161. The highest BCUT2D eigenvalue weighted by Gasteiger charge is 2.40. The maximum atomic E-state index is 13.5. The molecule has 0 spiro atoms. The summed E-state index contributed by atoms with van der Waals surface area (Å²) in [6.45, 7) is 19.1. The molecule has 0 radical (unpaired) electrons. The van der Waals surface area contributed by atoms with E-state index in [-0.39, 0.29) is 50.7 Å². The molecule has 12 heteroatoms. The molecule has 0 saturated carbocycles. The van der Waals surface area contributed by atoms with Gasteiger partial charge in [0.2, 0.25) is 0 Å². The Hall–Kier alpha value is -6.48. The average molecular weight is 1090 g/mol. The molecule has 2 heterocycles. The first-order valence-electron chi connectivity index (χ1n) is 28.1. The minimum absolute atomic E-state index is 0.127. The van der Waals surface area contributed by atoms with Crippen molar-refractivity contribution in [1.82, 2.24) is 0 Å². The molecule has 6 rings (SSSR count). The predicted octanol–water partition coefficient (Wildman–Crippen LogP) is 12.2. The fraction of sp³-hybridized carbons (Fsp3) is 0.471. The molecular formula is C68H84O12. The maximum Gasteiger partial charge on any atom is 0.311 e. The summed E-state index contributed by atoms with van der Waals surface area (Å²) in [7, 11) is 0. The minimum Gasteiger partial charge on any atom is -0.457 e. The van der Waals surface area contributed by atoms with Crippen molar-refractivity contribution >= 4 is 23.5 Å². The number of aliphatic hydroxyl groups is 2. The normalized spacial score (nSPS) is 28.4. The fourth-order valence-corrected chi connectivity index (χ4v) is 9.51. The summed E-state index contributed by atoms with van der Waals surface area (Å²) in [5, 5.41) is 22.7. The fourth-order valence-electron chi connectivity index (χ4n) is 9.51. The molecule has 0 amide bonds. The molecule has 12 nitrogen and oxygen atoms in total. The van der Waals surface area contributed by atoms with Gasteiger partial charge in [-0.15, -0.1) is 0 Å². The van der Waals surface area contributed by atoms with E-state index in [9.17, 15) is 29.4 Å². The Kier molecular flexibility index (Phi) is 25.8. The Morgan fingerprint density at radius 3 is 1.06 bits per heavy atom. The van der Waals surface area contributed by atoms with Crippen LogP contribution in [-0.2, 0) is 74.0 Å². The summed E-state index contributed by atoms with van der Waals surface area (Å²) in [5.41, 5.74) is 14.4. The van der Waals surface area contributed by atoms with Gasteiger partial charge in [0.15, 0.2) is 11.6 Å². The number of ether oxygens (including phenoxy) is 6. The van der Waals surface area contributed by atoms with Crippen molar-refractivity contribution in [2.75, 3.05) is 0 Å². The van der Waals surface area contributed by atoms with Gasteiger partial charge in [-0.2, -0.15) is 0 Å². The van der Waals surface area contributed by atoms with Crippen LogP contribution in [0.25, 0.3) is 0 Å². The summed E-state index contributed by atoms with van der Waals surface area (Å²) in [6.07, 6.45) is 1.33. The lowest BCUT2D eigenvalue weighted by Crippen LogP contribution is -2.43. The number of esters is 2. The predicted molar refractivity (Wildman–Crippen MR) is 308 cm³/mol. The van der Waals surface area contributed by atoms with Crippen molar-refractivity contribution < 1.29 is 57.8 Å². The number of carbonyl (C=O) groups is 4. The van der Waals surface area contributed by atoms with E-state index in [1.165, 1.54) is 13.8 Å². The van der Waals surface area contributed by atoms with E-state index in [0.29, 0.717) is 26.1 Å². The topological polar surface area (TPSA) is 164 Å². The van der Waals surface area contributed by atoms with Crippen molar-refractivity contribution in [3.8, 4) is 0 Å². The molecule has 0 fully saturated rings. The summed E-state index contributed by atoms with van der Waals surface area (Å²) < 4.78 is 36.4. The van der Waals surface area contributed by atoms with Gasteiger partial charge in [0.25, 0.3) is 0 Å². The molecule has 0 unspecified atom stereocenters. The highest BCUT2D eigenvalue weighted by molar-refractivity contribution is 5.88. The van der Waals surface area contributed by atoms with Crippen LogP contribution in [0.1, 0.15) is 130 Å². The molecule has 2 N–H and O–H groups in total. The molecule has 2 aliphatic rings. The van der Waals surface area contributed by atoms with Gasteiger partial charge in [0.1, 0.15) is 23.4 Å². The zero-order chi connectivity index (χ0) is 58.2. The van der Waals surface area contributed by atoms with Crippen LogP contribution in [-0.4, -0.2) is 81.5 Å². The van der Waals surface area contributed by atoms with Gasteiger partial charge in [0.05, 0.1) is 62.7 Å². The van der Waals surface area contributed by atoms with Crippen LogP contribution >= 0.6 is 0 Å². The van der Waals surface area contributed by atoms with Crippen molar-refractivity contribution in [3.63, 3.8) is 0 Å². The molecule has 428 valence electrons. The van der Waals surface area contributed by atoms with E-state index in [1.807, 2.05) is 163 Å². The van der Waals surface area contributed by atoms with Gasteiger partial charge in [-0.05, 0) is 113 Å². The number of carbonyl (C=O) groups excluding carboxylic acids is 4. The van der Waals surface area contributed by atoms with Gasteiger partial charge < -0.3 is 38.6 Å². The van der Waals surface area contributed by atoms with Crippen molar-refractivity contribution in [1.29, 1.82) is 0 Å². The molecule has 0 saturated heterocycles. The number of hydrogen-bond acceptors (Lipinski definition) is 12. The van der Waals surface area contributed by atoms with E-state index < -0.39 is 83.2 Å². The van der Waals surface area contributed by atoms with Gasteiger partial charge in [-0.1, -0.05) is 172 Å². The third-order valence-corrected chi connectivity index (χ3v) is 14.8. The van der Waals surface area contributed by atoms with E-state index in [1.54, 1.807) is 26.0 Å². The zero-order valence-electron chi connectivity index (χ0n) is 48.5. The Morgan fingerprint density at radius 2 is 0.775 bits per heavy atom. The van der Waals surface area contributed by atoms with Gasteiger partial charge >= 0.3 is 11.9 Å². The number of rotatable bonds is 14. The van der Waals surface area contributed by atoms with Crippen molar-refractivity contribution in [3.05, 3.63) is 190 Å². The first-order chi connectivity index (χ1) is 38.2. The minimum atomic E-state index is -1.65. The molecule has 12 atom stereocenters. The zero-order valence-corrected chi connectivity index (χ0v) is 48.5. The second-order valence-electron chi connectivity index (χ2n) is 21.8. The Bertz CT molecular complexity index is 2600. The number of benzene rings is 4. The molecule has 4 aromatic rings. The van der Waals surface area contributed by atoms with E-state index in [2.05, 4.69) is 22.9 Å². The third-order valence-electron chi connectivity index (χ3n) is 14.8. The summed E-state index contributed by atoms with van der Waals surface area (Å²) in [6, 6.07) is 38.8. The van der Waals surface area contributed by atoms with Gasteiger partial charge in [-0.3, -0.25) is 19.2 Å². The molecule has 0 bridgehead atoms. The van der Waals surface area contributed by atoms with Crippen LogP contribution < -0.4 is 0 Å². The second-order valence-corrected chi connectivity index (χ2v) is 21.8. The second kappa shape index (κ2) is 32.1. The average Bonchev–Trinajstić information content (AvgIpc) is 3.47. The monoisotopic (exact) mass is 1090 g/mol. The van der Waals surface area contributed by atoms with Crippen LogP contribution in [0.5, 0.6) is 0 Å². The van der Waals surface area contributed by atoms with Crippen molar-refractivity contribution in [2.45, 2.75) is 182 Å². The highest BCUT2D eigenvalue weighted by atomic mass is 16.6. The van der Waals surface area contributed by atoms with Gasteiger partial charge in [0, 0.05) is 24.0 Å². The van der Waals surface area contributed by atoms with Crippen LogP contribution in [0, 0.1) is 23.7 Å². The highest BCUT2D eigenvalue weighted by Crippen LogP contribution is 2.30. The Balaban J connectivity index is 0.000000294.